The molecule has 0 saturated carbocycles. The molecule has 0 spiro atoms. The molecule has 9 nitrogen and oxygen atoms in total. The lowest BCUT2D eigenvalue weighted by atomic mass is 9.98. The molecule has 1 heterocycles. The standard InChI is InChI=1S/C25H32N4O5/c1-5-26-25(31)28(14-15-32-2)17-24(30)29-23(19-8-12-21(34-4)13-9-19)16-22(27-29)18-6-10-20(33-3)11-7-18/h6-13,23H,5,14-17H2,1-4H3,(H,26,31)/t23-/m1/s1. The first-order chi connectivity index (χ1) is 16.5. The summed E-state index contributed by atoms with van der Waals surface area (Å²) in [6.45, 7) is 2.81. The maximum Gasteiger partial charge on any atom is 0.317 e. The Kier molecular flexibility index (Phi) is 8.86. The van der Waals surface area contributed by atoms with Crippen molar-refractivity contribution in [3.8, 4) is 11.5 Å². The Bertz CT molecular complexity index is 991. The SMILES string of the molecule is CCNC(=O)N(CCOC)CC(=O)N1N=C(c2ccc(OC)cc2)C[C@@H]1c1ccc(OC)cc1. The van der Waals surface area contributed by atoms with E-state index in [-0.39, 0.29) is 24.5 Å². The van der Waals surface area contributed by atoms with Crippen LogP contribution in [0.5, 0.6) is 11.5 Å². The van der Waals surface area contributed by atoms with Crippen molar-refractivity contribution in [3.63, 3.8) is 0 Å². The predicted octanol–water partition coefficient (Wildman–Crippen LogP) is 3.06. The van der Waals surface area contributed by atoms with Gasteiger partial charge in [-0.3, -0.25) is 4.79 Å². The van der Waals surface area contributed by atoms with Crippen LogP contribution < -0.4 is 14.8 Å². The van der Waals surface area contributed by atoms with Gasteiger partial charge in [0.2, 0.25) is 0 Å². The molecule has 1 N–H and O–H groups in total. The summed E-state index contributed by atoms with van der Waals surface area (Å²) in [5.74, 6) is 1.21. The van der Waals surface area contributed by atoms with E-state index < -0.39 is 0 Å². The third kappa shape index (κ3) is 6.05. The lowest BCUT2D eigenvalue weighted by Crippen LogP contribution is -2.47. The fourth-order valence-corrected chi connectivity index (χ4v) is 3.74. The van der Waals surface area contributed by atoms with E-state index in [2.05, 4.69) is 5.32 Å². The number of ether oxygens (including phenoxy) is 3. The van der Waals surface area contributed by atoms with Crippen LogP contribution in [-0.4, -0.2) is 75.1 Å². The van der Waals surface area contributed by atoms with Crippen LogP contribution in [0.4, 0.5) is 4.79 Å². The molecular formula is C25H32N4O5. The third-order valence-electron chi connectivity index (χ3n) is 5.60. The van der Waals surface area contributed by atoms with Crippen LogP contribution in [0.25, 0.3) is 0 Å². The molecule has 0 bridgehead atoms. The van der Waals surface area contributed by atoms with E-state index in [0.717, 1.165) is 28.3 Å². The summed E-state index contributed by atoms with van der Waals surface area (Å²) in [5.41, 5.74) is 2.63. The van der Waals surface area contributed by atoms with Crippen LogP contribution in [0.15, 0.2) is 53.6 Å². The fourth-order valence-electron chi connectivity index (χ4n) is 3.74. The lowest BCUT2D eigenvalue weighted by molar-refractivity contribution is -0.133. The molecule has 0 radical (unpaired) electrons. The minimum absolute atomic E-state index is 0.110. The molecule has 3 rings (SSSR count). The molecule has 1 aliphatic rings. The number of nitrogens with one attached hydrogen (secondary N) is 1. The van der Waals surface area contributed by atoms with E-state index in [9.17, 15) is 9.59 Å². The van der Waals surface area contributed by atoms with Gasteiger partial charge >= 0.3 is 6.03 Å². The summed E-state index contributed by atoms with van der Waals surface area (Å²) >= 11 is 0. The lowest BCUT2D eigenvalue weighted by Gasteiger charge is -2.27. The van der Waals surface area contributed by atoms with Gasteiger partial charge in [0.25, 0.3) is 5.91 Å². The number of rotatable bonds is 10. The number of methoxy groups -OCH3 is 3. The van der Waals surface area contributed by atoms with Crippen LogP contribution in [0.3, 0.4) is 0 Å². The minimum Gasteiger partial charge on any atom is -0.497 e. The quantitative estimate of drug-likeness (QED) is 0.579. The van der Waals surface area contributed by atoms with E-state index in [1.165, 1.54) is 9.91 Å². The average Bonchev–Trinajstić information content (AvgIpc) is 3.32. The largest absolute Gasteiger partial charge is 0.497 e. The predicted molar refractivity (Wildman–Crippen MR) is 129 cm³/mol. The Morgan fingerprint density at radius 3 is 2.21 bits per heavy atom. The van der Waals surface area contributed by atoms with Crippen molar-refractivity contribution in [1.29, 1.82) is 0 Å². The minimum atomic E-state index is -0.313. The highest BCUT2D eigenvalue weighted by atomic mass is 16.5. The normalized spacial score (nSPS) is 15.0. The van der Waals surface area contributed by atoms with Crippen LogP contribution in [0.2, 0.25) is 0 Å². The molecule has 2 aromatic rings. The van der Waals surface area contributed by atoms with Gasteiger partial charge in [-0.2, -0.15) is 5.10 Å². The number of carbonyl (C=O) groups is 2. The van der Waals surface area contributed by atoms with Gasteiger partial charge in [-0.25, -0.2) is 9.80 Å². The summed E-state index contributed by atoms with van der Waals surface area (Å²) in [7, 11) is 4.79. The Morgan fingerprint density at radius 2 is 1.65 bits per heavy atom. The van der Waals surface area contributed by atoms with Crippen molar-refractivity contribution < 1.29 is 23.8 Å². The van der Waals surface area contributed by atoms with Crippen LogP contribution in [-0.2, 0) is 9.53 Å². The van der Waals surface area contributed by atoms with Crippen molar-refractivity contribution in [2.24, 2.45) is 5.10 Å². The zero-order chi connectivity index (χ0) is 24.5. The van der Waals surface area contributed by atoms with Crippen LogP contribution in [0, 0.1) is 0 Å². The zero-order valence-electron chi connectivity index (χ0n) is 20.1. The number of hydrogen-bond donors (Lipinski definition) is 1. The Balaban J connectivity index is 1.88. The first kappa shape index (κ1) is 25.0. The van der Waals surface area contributed by atoms with Crippen LogP contribution in [0.1, 0.15) is 30.5 Å². The van der Waals surface area contributed by atoms with E-state index in [4.69, 9.17) is 19.3 Å². The topological polar surface area (TPSA) is 92.7 Å². The Morgan fingerprint density at radius 1 is 1.03 bits per heavy atom. The third-order valence-corrected chi connectivity index (χ3v) is 5.60. The van der Waals surface area contributed by atoms with Gasteiger partial charge in [-0.15, -0.1) is 0 Å². The van der Waals surface area contributed by atoms with E-state index >= 15 is 0 Å². The highest BCUT2D eigenvalue weighted by Crippen LogP contribution is 2.34. The number of hydrazone groups is 1. The fraction of sp³-hybridized carbons (Fsp3) is 0.400. The molecule has 1 atom stereocenters. The number of hydrogen-bond acceptors (Lipinski definition) is 6. The summed E-state index contributed by atoms with van der Waals surface area (Å²) in [4.78, 5) is 27.4. The highest BCUT2D eigenvalue weighted by molar-refractivity contribution is 6.03. The molecule has 0 aromatic heterocycles. The van der Waals surface area contributed by atoms with Gasteiger partial charge in [0, 0.05) is 26.6 Å². The zero-order valence-corrected chi connectivity index (χ0v) is 20.1. The second-order valence-corrected chi connectivity index (χ2v) is 7.76. The van der Waals surface area contributed by atoms with E-state index in [1.807, 2.05) is 55.5 Å². The molecule has 0 unspecified atom stereocenters. The van der Waals surface area contributed by atoms with Crippen molar-refractivity contribution >= 4 is 17.6 Å². The molecule has 2 aromatic carbocycles. The Labute approximate surface area is 200 Å². The maximum atomic E-state index is 13.4. The van der Waals surface area contributed by atoms with Crippen molar-refractivity contribution in [1.82, 2.24) is 15.2 Å². The van der Waals surface area contributed by atoms with Gasteiger partial charge in [-0.05, 0) is 54.4 Å². The van der Waals surface area contributed by atoms with Gasteiger partial charge in [0.1, 0.15) is 18.0 Å². The molecule has 182 valence electrons. The molecule has 0 saturated heterocycles. The molecule has 34 heavy (non-hydrogen) atoms. The molecule has 0 aliphatic carbocycles. The maximum absolute atomic E-state index is 13.4. The number of urea groups is 1. The van der Waals surface area contributed by atoms with E-state index in [0.29, 0.717) is 26.1 Å². The second kappa shape index (κ2) is 12.0. The van der Waals surface area contributed by atoms with Crippen LogP contribution >= 0.6 is 0 Å². The smallest absolute Gasteiger partial charge is 0.317 e. The number of carbonyl (C=O) groups excluding carboxylic acids is 2. The number of amides is 3. The summed E-state index contributed by atoms with van der Waals surface area (Å²) in [6.07, 6.45) is 0.545. The number of benzene rings is 2. The van der Waals surface area contributed by atoms with Gasteiger partial charge in [0.15, 0.2) is 0 Å². The highest BCUT2D eigenvalue weighted by Gasteiger charge is 2.34. The Hall–Kier alpha value is -3.59. The molecule has 3 amide bonds. The van der Waals surface area contributed by atoms with Gasteiger partial charge in [0.05, 0.1) is 32.6 Å². The first-order valence-corrected chi connectivity index (χ1v) is 11.2. The first-order valence-electron chi connectivity index (χ1n) is 11.2. The average molecular weight is 469 g/mol. The summed E-state index contributed by atoms with van der Waals surface area (Å²) in [5, 5.41) is 8.93. The second-order valence-electron chi connectivity index (χ2n) is 7.76. The van der Waals surface area contributed by atoms with Crippen molar-refractivity contribution in [2.45, 2.75) is 19.4 Å². The van der Waals surface area contributed by atoms with Crippen molar-refractivity contribution in [2.75, 3.05) is 47.6 Å². The van der Waals surface area contributed by atoms with Gasteiger partial charge < -0.3 is 24.4 Å². The monoisotopic (exact) mass is 468 g/mol. The van der Waals surface area contributed by atoms with E-state index in [1.54, 1.807) is 21.3 Å². The number of nitrogens with zero attached hydrogens (tertiary/aromatic N) is 3. The van der Waals surface area contributed by atoms with Crippen molar-refractivity contribution in [3.05, 3.63) is 59.7 Å². The molecular weight excluding hydrogens is 436 g/mol. The molecule has 9 heteroatoms. The molecule has 0 fully saturated rings. The van der Waals surface area contributed by atoms with Gasteiger partial charge in [-0.1, -0.05) is 12.1 Å². The summed E-state index contributed by atoms with van der Waals surface area (Å²) in [6, 6.07) is 14.6. The molecule has 1 aliphatic heterocycles. The summed E-state index contributed by atoms with van der Waals surface area (Å²) < 4.78 is 15.6.